The van der Waals surface area contributed by atoms with E-state index in [1.807, 2.05) is 0 Å². The lowest BCUT2D eigenvalue weighted by atomic mass is 10.1. The first-order valence-electron chi connectivity index (χ1n) is 6.04. The first kappa shape index (κ1) is 11.0. The molecule has 2 saturated carbocycles. The lowest BCUT2D eigenvalue weighted by Gasteiger charge is -2.14. The van der Waals surface area contributed by atoms with Crippen molar-refractivity contribution >= 4 is 22.6 Å². The molecule has 0 saturated heterocycles. The Hall–Kier alpha value is -1.17. The topological polar surface area (TPSA) is 75.1 Å². The van der Waals surface area contributed by atoms with Gasteiger partial charge < -0.3 is 10.4 Å². The molecule has 0 bridgehead atoms. The number of carbonyl (C=O) groups is 1. The average Bonchev–Trinajstić information content (AvgIpc) is 3.17. The van der Waals surface area contributed by atoms with Crippen LogP contribution in [0.4, 0.5) is 5.13 Å². The van der Waals surface area contributed by atoms with Gasteiger partial charge in [-0.25, -0.2) is 4.98 Å². The number of carboxylic acids is 1. The van der Waals surface area contributed by atoms with Gasteiger partial charge in [0.2, 0.25) is 5.13 Å². The Morgan fingerprint density at radius 3 is 2.82 bits per heavy atom. The fourth-order valence-corrected chi connectivity index (χ4v) is 2.69. The maximum Gasteiger partial charge on any atom is 0.305 e. The number of rotatable bonds is 6. The van der Waals surface area contributed by atoms with E-state index in [9.17, 15) is 4.79 Å². The largest absolute Gasteiger partial charge is 0.481 e. The van der Waals surface area contributed by atoms with Gasteiger partial charge in [0.1, 0.15) is 5.82 Å². The normalized spacial score (nSPS) is 21.2. The van der Waals surface area contributed by atoms with E-state index in [4.69, 9.17) is 5.11 Å². The molecule has 1 unspecified atom stereocenters. The molecule has 0 aliphatic heterocycles. The van der Waals surface area contributed by atoms with E-state index in [0.29, 0.717) is 11.8 Å². The number of hydrogen-bond donors (Lipinski definition) is 2. The third-order valence-electron chi connectivity index (χ3n) is 3.28. The summed E-state index contributed by atoms with van der Waals surface area (Å²) in [5.41, 5.74) is 0. The first-order chi connectivity index (χ1) is 8.22. The highest BCUT2D eigenvalue weighted by Gasteiger charge is 2.34. The van der Waals surface area contributed by atoms with Crippen LogP contribution in [-0.4, -0.2) is 26.5 Å². The molecular formula is C11H15N3O2S. The molecule has 1 aromatic heterocycles. The van der Waals surface area contributed by atoms with E-state index in [1.54, 1.807) is 0 Å². The Kier molecular flexibility index (Phi) is 2.74. The lowest BCUT2D eigenvalue weighted by Crippen LogP contribution is -2.25. The number of carboxylic acid groups (broad SMARTS) is 1. The third-order valence-corrected chi connectivity index (χ3v) is 3.94. The van der Waals surface area contributed by atoms with Crippen LogP contribution in [0.3, 0.4) is 0 Å². The van der Waals surface area contributed by atoms with Crippen molar-refractivity contribution in [2.24, 2.45) is 5.92 Å². The van der Waals surface area contributed by atoms with Crippen LogP contribution < -0.4 is 5.32 Å². The molecule has 2 aliphatic carbocycles. The van der Waals surface area contributed by atoms with Crippen molar-refractivity contribution in [3.63, 3.8) is 0 Å². The van der Waals surface area contributed by atoms with Gasteiger partial charge in [0, 0.05) is 23.5 Å². The van der Waals surface area contributed by atoms with Crippen molar-refractivity contribution < 1.29 is 9.90 Å². The average molecular weight is 253 g/mol. The summed E-state index contributed by atoms with van der Waals surface area (Å²) >= 11 is 1.35. The molecule has 17 heavy (non-hydrogen) atoms. The van der Waals surface area contributed by atoms with Gasteiger partial charge in [-0.1, -0.05) is 0 Å². The van der Waals surface area contributed by atoms with Crippen LogP contribution >= 0.6 is 11.5 Å². The van der Waals surface area contributed by atoms with Crippen molar-refractivity contribution in [3.8, 4) is 0 Å². The maximum absolute atomic E-state index is 10.8. The number of hydrogen-bond acceptors (Lipinski definition) is 5. The van der Waals surface area contributed by atoms with Gasteiger partial charge in [-0.2, -0.15) is 4.37 Å². The molecule has 0 aromatic carbocycles. The first-order valence-corrected chi connectivity index (χ1v) is 6.81. The minimum atomic E-state index is -0.749. The fraction of sp³-hybridized carbons (Fsp3) is 0.727. The molecule has 1 atom stereocenters. The summed E-state index contributed by atoms with van der Waals surface area (Å²) in [5.74, 6) is 1.24. The smallest absolute Gasteiger partial charge is 0.305 e. The molecule has 2 N–H and O–H groups in total. The van der Waals surface area contributed by atoms with Crippen molar-refractivity contribution in [2.45, 2.75) is 44.1 Å². The Bertz CT molecular complexity index is 426. The highest BCUT2D eigenvalue weighted by Crippen LogP contribution is 2.40. The second kappa shape index (κ2) is 4.25. The summed E-state index contributed by atoms with van der Waals surface area (Å²) in [6, 6.07) is 0.0208. The van der Waals surface area contributed by atoms with Crippen molar-refractivity contribution in [3.05, 3.63) is 5.82 Å². The van der Waals surface area contributed by atoms with Gasteiger partial charge >= 0.3 is 5.97 Å². The zero-order valence-electron chi connectivity index (χ0n) is 9.43. The fourth-order valence-electron chi connectivity index (χ4n) is 1.98. The Morgan fingerprint density at radius 2 is 2.24 bits per heavy atom. The molecule has 0 radical (unpaired) electrons. The van der Waals surface area contributed by atoms with Gasteiger partial charge in [-0.05, 0) is 31.6 Å². The molecule has 2 aliphatic rings. The summed E-state index contributed by atoms with van der Waals surface area (Å²) in [6.45, 7) is 0. The van der Waals surface area contributed by atoms with Crippen molar-refractivity contribution in [1.82, 2.24) is 9.36 Å². The molecule has 2 fully saturated rings. The highest BCUT2D eigenvalue weighted by atomic mass is 32.1. The second-order valence-electron chi connectivity index (χ2n) is 4.92. The molecule has 0 amide bonds. The molecule has 1 aromatic rings. The van der Waals surface area contributed by atoms with Crippen molar-refractivity contribution in [2.75, 3.05) is 5.32 Å². The van der Waals surface area contributed by atoms with Crippen LogP contribution in [-0.2, 0) is 4.79 Å². The van der Waals surface area contributed by atoms with Gasteiger partial charge in [-0.3, -0.25) is 4.79 Å². The molecule has 0 spiro atoms. The number of aliphatic carboxylic acids is 1. The van der Waals surface area contributed by atoms with Crippen molar-refractivity contribution in [1.29, 1.82) is 0 Å². The number of aromatic nitrogens is 2. The predicted octanol–water partition coefficient (Wildman–Crippen LogP) is 2.08. The van der Waals surface area contributed by atoms with E-state index < -0.39 is 5.97 Å². The van der Waals surface area contributed by atoms with Crippen LogP contribution in [0.1, 0.15) is 43.8 Å². The zero-order valence-corrected chi connectivity index (χ0v) is 10.2. The van der Waals surface area contributed by atoms with E-state index in [-0.39, 0.29) is 12.5 Å². The monoisotopic (exact) mass is 253 g/mol. The molecule has 6 heteroatoms. The zero-order chi connectivity index (χ0) is 11.8. The van der Waals surface area contributed by atoms with Gasteiger partial charge in [-0.15, -0.1) is 0 Å². The van der Waals surface area contributed by atoms with Crippen LogP contribution in [0.15, 0.2) is 0 Å². The van der Waals surface area contributed by atoms with E-state index in [1.165, 1.54) is 24.4 Å². The van der Waals surface area contributed by atoms with Crippen LogP contribution in [0.25, 0.3) is 0 Å². The molecular weight excluding hydrogens is 238 g/mol. The second-order valence-corrected chi connectivity index (χ2v) is 5.67. The number of nitrogens with one attached hydrogen (secondary N) is 1. The van der Waals surface area contributed by atoms with Gasteiger partial charge in [0.15, 0.2) is 0 Å². The van der Waals surface area contributed by atoms with E-state index in [2.05, 4.69) is 14.7 Å². The van der Waals surface area contributed by atoms with Crippen LogP contribution in [0, 0.1) is 5.92 Å². The summed E-state index contributed by atoms with van der Waals surface area (Å²) in [6.07, 6.45) is 4.80. The van der Waals surface area contributed by atoms with Crippen LogP contribution in [0.5, 0.6) is 0 Å². The number of anilines is 1. The highest BCUT2D eigenvalue weighted by molar-refractivity contribution is 7.09. The predicted molar refractivity (Wildman–Crippen MR) is 64.3 cm³/mol. The SMILES string of the molecule is O=C(O)CC(Nc1nc(C2CC2)ns1)C1CC1. The molecule has 92 valence electrons. The molecule has 1 heterocycles. The maximum atomic E-state index is 10.8. The minimum Gasteiger partial charge on any atom is -0.481 e. The molecule has 3 rings (SSSR count). The minimum absolute atomic E-state index is 0.0208. The Morgan fingerprint density at radius 1 is 1.47 bits per heavy atom. The summed E-state index contributed by atoms with van der Waals surface area (Å²) in [7, 11) is 0. The van der Waals surface area contributed by atoms with Gasteiger partial charge in [0.05, 0.1) is 6.42 Å². The third kappa shape index (κ3) is 2.74. The van der Waals surface area contributed by atoms with E-state index >= 15 is 0 Å². The van der Waals surface area contributed by atoms with E-state index in [0.717, 1.165) is 23.8 Å². The Balaban J connectivity index is 1.63. The Labute approximate surface area is 103 Å². The van der Waals surface area contributed by atoms with Gasteiger partial charge in [0.25, 0.3) is 0 Å². The quantitative estimate of drug-likeness (QED) is 0.811. The molecule has 5 nitrogen and oxygen atoms in total. The summed E-state index contributed by atoms with van der Waals surface area (Å²) in [4.78, 5) is 15.2. The van der Waals surface area contributed by atoms with Crippen LogP contribution in [0.2, 0.25) is 0 Å². The standard InChI is InChI=1S/C11H15N3O2S/c15-9(16)5-8(6-1-2-6)12-11-13-10(14-17-11)7-3-4-7/h6-8H,1-5H2,(H,15,16)(H,12,13,14). The number of nitrogens with zero attached hydrogens (tertiary/aromatic N) is 2. The summed E-state index contributed by atoms with van der Waals surface area (Å²) in [5, 5.41) is 12.9. The lowest BCUT2D eigenvalue weighted by molar-refractivity contribution is -0.137. The summed E-state index contributed by atoms with van der Waals surface area (Å²) < 4.78 is 4.31.